The van der Waals surface area contributed by atoms with Crippen molar-refractivity contribution in [3.05, 3.63) is 68.8 Å². The Balaban J connectivity index is 1.59. The number of nitro benzene ring substituents is 1. The molecule has 8 heteroatoms. The summed E-state index contributed by atoms with van der Waals surface area (Å²) in [6.45, 7) is 1.68. The average Bonchev–Trinajstić information content (AvgIpc) is 3.53. The molecule has 28 heavy (non-hydrogen) atoms. The molecule has 0 aromatic heterocycles. The number of nitrogens with zero attached hydrogens (tertiary/aromatic N) is 2. The Bertz CT molecular complexity index is 909. The van der Waals surface area contributed by atoms with E-state index in [-0.39, 0.29) is 17.4 Å². The van der Waals surface area contributed by atoms with Gasteiger partial charge in [-0.2, -0.15) is 0 Å². The van der Waals surface area contributed by atoms with Crippen molar-refractivity contribution in [1.29, 1.82) is 0 Å². The molecule has 4 rings (SSSR count). The first kappa shape index (κ1) is 18.4. The fourth-order valence-electron chi connectivity index (χ4n) is 3.49. The van der Waals surface area contributed by atoms with Crippen molar-refractivity contribution in [3.8, 4) is 5.75 Å². The quantitative estimate of drug-likeness (QED) is 0.582. The number of hydrogen-bond donors (Lipinski definition) is 1. The van der Waals surface area contributed by atoms with Gasteiger partial charge in [0.05, 0.1) is 11.5 Å². The standard InChI is InChI=1S/C20H21N3O5/c21-20(24)14-3-1-13(2-4-14)9-22(17-5-6-17)10-15-7-18(23(25)26)8-16-11-27-12-28-19(15)16/h1-4,7-8,17H,5-6,9-12H2,(H2,21,24). The lowest BCUT2D eigenvalue weighted by Gasteiger charge is -2.26. The highest BCUT2D eigenvalue weighted by molar-refractivity contribution is 5.92. The molecule has 2 aromatic rings. The van der Waals surface area contributed by atoms with Gasteiger partial charge in [-0.25, -0.2) is 0 Å². The van der Waals surface area contributed by atoms with Crippen LogP contribution in [0.4, 0.5) is 5.69 Å². The third-order valence-electron chi connectivity index (χ3n) is 5.04. The van der Waals surface area contributed by atoms with Gasteiger partial charge >= 0.3 is 0 Å². The summed E-state index contributed by atoms with van der Waals surface area (Å²) in [5.74, 6) is 0.236. The molecule has 2 aromatic carbocycles. The van der Waals surface area contributed by atoms with Gasteiger partial charge in [0.25, 0.3) is 5.69 Å². The zero-order valence-electron chi connectivity index (χ0n) is 15.3. The fourth-order valence-corrected chi connectivity index (χ4v) is 3.49. The highest BCUT2D eigenvalue weighted by Gasteiger charge is 2.31. The van der Waals surface area contributed by atoms with Crippen LogP contribution in [0.1, 0.15) is 39.9 Å². The highest BCUT2D eigenvalue weighted by atomic mass is 16.7. The van der Waals surface area contributed by atoms with Crippen molar-refractivity contribution in [1.82, 2.24) is 4.90 Å². The average molecular weight is 383 g/mol. The molecule has 0 saturated heterocycles. The predicted molar refractivity (Wildman–Crippen MR) is 101 cm³/mol. The lowest BCUT2D eigenvalue weighted by atomic mass is 10.1. The largest absolute Gasteiger partial charge is 0.467 e. The topological polar surface area (TPSA) is 108 Å². The van der Waals surface area contributed by atoms with Crippen molar-refractivity contribution in [3.63, 3.8) is 0 Å². The zero-order chi connectivity index (χ0) is 19.7. The molecule has 1 saturated carbocycles. The Morgan fingerprint density at radius 1 is 1.21 bits per heavy atom. The molecule has 0 bridgehead atoms. The van der Waals surface area contributed by atoms with E-state index >= 15 is 0 Å². The Kier molecular flexibility index (Phi) is 4.97. The number of amides is 1. The molecule has 0 radical (unpaired) electrons. The van der Waals surface area contributed by atoms with E-state index in [0.29, 0.717) is 42.6 Å². The Hall–Kier alpha value is -2.97. The molecule has 1 fully saturated rings. The first-order valence-corrected chi connectivity index (χ1v) is 9.15. The van der Waals surface area contributed by atoms with Crippen LogP contribution >= 0.6 is 0 Å². The van der Waals surface area contributed by atoms with Crippen LogP contribution in [0.25, 0.3) is 0 Å². The van der Waals surface area contributed by atoms with E-state index in [1.54, 1.807) is 18.2 Å². The van der Waals surface area contributed by atoms with Crippen LogP contribution in [-0.4, -0.2) is 28.6 Å². The lowest BCUT2D eigenvalue weighted by molar-refractivity contribution is -0.385. The number of benzene rings is 2. The van der Waals surface area contributed by atoms with Crippen LogP contribution in [0.2, 0.25) is 0 Å². The van der Waals surface area contributed by atoms with Gasteiger partial charge in [0.2, 0.25) is 5.91 Å². The minimum Gasteiger partial charge on any atom is -0.467 e. The monoisotopic (exact) mass is 383 g/mol. The summed E-state index contributed by atoms with van der Waals surface area (Å²) in [6.07, 6.45) is 2.20. The van der Waals surface area contributed by atoms with Gasteiger partial charge in [0.1, 0.15) is 5.75 Å². The molecule has 2 N–H and O–H groups in total. The Labute approximate surface area is 162 Å². The zero-order valence-corrected chi connectivity index (χ0v) is 15.3. The van der Waals surface area contributed by atoms with E-state index in [2.05, 4.69) is 4.90 Å². The molecular formula is C20H21N3O5. The molecule has 2 aliphatic rings. The van der Waals surface area contributed by atoms with Crippen LogP contribution in [0.15, 0.2) is 36.4 Å². The van der Waals surface area contributed by atoms with Crippen LogP contribution in [0.5, 0.6) is 5.75 Å². The minimum atomic E-state index is -0.451. The van der Waals surface area contributed by atoms with Gasteiger partial charge in [0, 0.05) is 48.0 Å². The molecule has 0 atom stereocenters. The highest BCUT2D eigenvalue weighted by Crippen LogP contribution is 2.36. The number of nitro groups is 1. The van der Waals surface area contributed by atoms with E-state index < -0.39 is 5.91 Å². The van der Waals surface area contributed by atoms with Gasteiger partial charge < -0.3 is 15.2 Å². The summed E-state index contributed by atoms with van der Waals surface area (Å²) in [6, 6.07) is 10.8. The maximum atomic E-state index is 11.3. The maximum Gasteiger partial charge on any atom is 0.270 e. The summed E-state index contributed by atoms with van der Waals surface area (Å²) in [5.41, 5.74) is 8.38. The number of carbonyl (C=O) groups excluding carboxylic acids is 1. The molecule has 1 heterocycles. The first-order chi connectivity index (χ1) is 13.5. The summed E-state index contributed by atoms with van der Waals surface area (Å²) >= 11 is 0. The second-order valence-corrected chi connectivity index (χ2v) is 7.16. The third kappa shape index (κ3) is 3.97. The first-order valence-electron chi connectivity index (χ1n) is 9.15. The van der Waals surface area contributed by atoms with E-state index in [9.17, 15) is 14.9 Å². The van der Waals surface area contributed by atoms with Crippen molar-refractivity contribution < 1.29 is 19.2 Å². The van der Waals surface area contributed by atoms with Crippen molar-refractivity contribution in [2.45, 2.75) is 38.6 Å². The molecule has 8 nitrogen and oxygen atoms in total. The Morgan fingerprint density at radius 3 is 2.61 bits per heavy atom. The number of carbonyl (C=O) groups is 1. The van der Waals surface area contributed by atoms with Gasteiger partial charge in [-0.1, -0.05) is 12.1 Å². The molecule has 1 aliphatic heterocycles. The smallest absolute Gasteiger partial charge is 0.270 e. The van der Waals surface area contributed by atoms with E-state index in [1.165, 1.54) is 6.07 Å². The lowest BCUT2D eigenvalue weighted by Crippen LogP contribution is -2.26. The van der Waals surface area contributed by atoms with Crippen LogP contribution in [0.3, 0.4) is 0 Å². The molecule has 146 valence electrons. The SMILES string of the molecule is NC(=O)c1ccc(CN(Cc2cc([N+](=O)[O-])cc3c2OCOC3)C2CC2)cc1. The minimum absolute atomic E-state index is 0.0457. The van der Waals surface area contributed by atoms with Gasteiger partial charge in [-0.05, 0) is 30.5 Å². The van der Waals surface area contributed by atoms with E-state index in [1.807, 2.05) is 12.1 Å². The Morgan fingerprint density at radius 2 is 1.96 bits per heavy atom. The summed E-state index contributed by atoms with van der Waals surface area (Å²) < 4.78 is 10.9. The fraction of sp³-hybridized carbons (Fsp3) is 0.350. The van der Waals surface area contributed by atoms with Crippen LogP contribution in [-0.2, 0) is 24.4 Å². The summed E-state index contributed by atoms with van der Waals surface area (Å²) in [7, 11) is 0. The number of hydrogen-bond acceptors (Lipinski definition) is 6. The van der Waals surface area contributed by atoms with E-state index in [4.69, 9.17) is 15.2 Å². The third-order valence-corrected chi connectivity index (χ3v) is 5.04. The van der Waals surface area contributed by atoms with E-state index in [0.717, 1.165) is 24.0 Å². The molecule has 1 amide bonds. The number of primary amides is 1. The van der Waals surface area contributed by atoms with Gasteiger partial charge in [-0.3, -0.25) is 19.8 Å². The molecule has 0 unspecified atom stereocenters. The summed E-state index contributed by atoms with van der Waals surface area (Å²) in [4.78, 5) is 24.5. The number of ether oxygens (including phenoxy) is 2. The van der Waals surface area contributed by atoms with Gasteiger partial charge in [-0.15, -0.1) is 0 Å². The number of nitrogens with two attached hydrogens (primary N) is 1. The molecule has 1 aliphatic carbocycles. The molecular weight excluding hydrogens is 362 g/mol. The van der Waals surface area contributed by atoms with Crippen molar-refractivity contribution in [2.75, 3.05) is 6.79 Å². The second-order valence-electron chi connectivity index (χ2n) is 7.16. The molecule has 0 spiro atoms. The summed E-state index contributed by atoms with van der Waals surface area (Å²) in [5, 5.41) is 11.3. The van der Waals surface area contributed by atoms with Crippen molar-refractivity contribution >= 4 is 11.6 Å². The normalized spacial score (nSPS) is 15.8. The van der Waals surface area contributed by atoms with Crippen LogP contribution < -0.4 is 10.5 Å². The number of fused-ring (bicyclic) bond motifs is 1. The predicted octanol–water partition coefficient (Wildman–Crippen LogP) is 2.72. The van der Waals surface area contributed by atoms with Crippen molar-refractivity contribution in [2.24, 2.45) is 5.73 Å². The number of rotatable bonds is 7. The maximum absolute atomic E-state index is 11.3. The number of non-ortho nitro benzene ring substituents is 1. The van der Waals surface area contributed by atoms with Gasteiger partial charge in [0.15, 0.2) is 6.79 Å². The second kappa shape index (κ2) is 7.57. The van der Waals surface area contributed by atoms with Crippen LogP contribution in [0, 0.1) is 10.1 Å².